The van der Waals surface area contributed by atoms with E-state index < -0.39 is 0 Å². The third-order valence-corrected chi connectivity index (χ3v) is 3.50. The maximum atomic E-state index is 11.4. The molecule has 0 aliphatic carbocycles. The highest BCUT2D eigenvalue weighted by Gasteiger charge is 2.23. The highest BCUT2D eigenvalue weighted by Crippen LogP contribution is 2.13. The zero-order valence-electron chi connectivity index (χ0n) is 11.0. The number of likely N-dealkylation sites (N-methyl/N-ethyl adjacent to an activating group) is 1. The Bertz CT molecular complexity index is 218. The second kappa shape index (κ2) is 6.89. The first kappa shape index (κ1) is 13.5. The van der Waals surface area contributed by atoms with E-state index in [-0.39, 0.29) is 0 Å². The number of unbranched alkanes of at least 4 members (excludes halogenated alkanes) is 1. The van der Waals surface area contributed by atoms with Gasteiger partial charge in [0.25, 0.3) is 0 Å². The van der Waals surface area contributed by atoms with Gasteiger partial charge >= 0.3 is 0 Å². The lowest BCUT2D eigenvalue weighted by Gasteiger charge is -2.33. The van der Waals surface area contributed by atoms with Crippen LogP contribution in [0, 0.1) is 0 Å². The van der Waals surface area contributed by atoms with Crippen molar-refractivity contribution in [3.8, 4) is 0 Å². The third-order valence-electron chi connectivity index (χ3n) is 3.50. The van der Waals surface area contributed by atoms with Crippen LogP contribution in [0.5, 0.6) is 0 Å². The quantitative estimate of drug-likeness (QED) is 0.753. The standard InChI is InChI=1S/C13H26N2O/c1-4-6-7-11(5-2)14-12-8-9-13(16)15(3)10-12/h11-12,14H,4-10H2,1-3H3. The van der Waals surface area contributed by atoms with Gasteiger partial charge in [0.05, 0.1) is 0 Å². The van der Waals surface area contributed by atoms with Crippen molar-refractivity contribution in [3.63, 3.8) is 0 Å². The van der Waals surface area contributed by atoms with Gasteiger partial charge < -0.3 is 10.2 Å². The lowest BCUT2D eigenvalue weighted by molar-refractivity contribution is -0.132. The van der Waals surface area contributed by atoms with Gasteiger partial charge in [-0.3, -0.25) is 4.79 Å². The Balaban J connectivity index is 2.31. The third kappa shape index (κ3) is 4.12. The summed E-state index contributed by atoms with van der Waals surface area (Å²) in [6.45, 7) is 5.35. The van der Waals surface area contributed by atoms with Crippen molar-refractivity contribution in [1.82, 2.24) is 10.2 Å². The molecule has 1 aliphatic heterocycles. The lowest BCUT2D eigenvalue weighted by atomic mass is 10.0. The molecule has 94 valence electrons. The average molecular weight is 226 g/mol. The molecule has 3 nitrogen and oxygen atoms in total. The van der Waals surface area contributed by atoms with E-state index in [1.807, 2.05) is 11.9 Å². The fraction of sp³-hybridized carbons (Fsp3) is 0.923. The molecular formula is C13H26N2O. The second-order valence-corrected chi connectivity index (χ2v) is 4.92. The van der Waals surface area contributed by atoms with E-state index in [0.29, 0.717) is 24.4 Å². The molecule has 1 N–H and O–H groups in total. The van der Waals surface area contributed by atoms with Crippen molar-refractivity contribution in [1.29, 1.82) is 0 Å². The lowest BCUT2D eigenvalue weighted by Crippen LogP contribution is -2.49. The molecule has 3 heteroatoms. The first-order valence-electron chi connectivity index (χ1n) is 6.67. The van der Waals surface area contributed by atoms with Gasteiger partial charge in [-0.1, -0.05) is 26.7 Å². The van der Waals surface area contributed by atoms with Gasteiger partial charge in [-0.15, -0.1) is 0 Å². The largest absolute Gasteiger partial charge is 0.344 e. The van der Waals surface area contributed by atoms with Gasteiger partial charge in [0.1, 0.15) is 0 Å². The van der Waals surface area contributed by atoms with Crippen LogP contribution in [0.4, 0.5) is 0 Å². The maximum Gasteiger partial charge on any atom is 0.222 e. The summed E-state index contributed by atoms with van der Waals surface area (Å²) < 4.78 is 0. The Labute approximate surface area is 99.6 Å². The number of nitrogens with zero attached hydrogens (tertiary/aromatic N) is 1. The first-order valence-corrected chi connectivity index (χ1v) is 6.67. The number of nitrogens with one attached hydrogen (secondary N) is 1. The molecule has 0 bridgehead atoms. The Kier molecular flexibility index (Phi) is 5.81. The predicted octanol–water partition coefficient (Wildman–Crippen LogP) is 2.17. The fourth-order valence-corrected chi connectivity index (χ4v) is 2.34. The molecule has 1 saturated heterocycles. The Morgan fingerprint density at radius 3 is 2.81 bits per heavy atom. The van der Waals surface area contributed by atoms with Crippen molar-refractivity contribution in [2.75, 3.05) is 13.6 Å². The van der Waals surface area contributed by atoms with Crippen molar-refractivity contribution in [2.45, 2.75) is 64.5 Å². The molecule has 16 heavy (non-hydrogen) atoms. The van der Waals surface area contributed by atoms with Crippen LogP contribution in [0.2, 0.25) is 0 Å². The molecule has 1 aliphatic rings. The van der Waals surface area contributed by atoms with Crippen LogP contribution in [-0.2, 0) is 4.79 Å². The van der Waals surface area contributed by atoms with Crippen molar-refractivity contribution in [2.24, 2.45) is 0 Å². The van der Waals surface area contributed by atoms with Crippen molar-refractivity contribution >= 4 is 5.91 Å². The van der Waals surface area contributed by atoms with E-state index >= 15 is 0 Å². The molecule has 1 fully saturated rings. The molecule has 1 rings (SSSR count). The minimum Gasteiger partial charge on any atom is -0.344 e. The van der Waals surface area contributed by atoms with Crippen LogP contribution in [0.25, 0.3) is 0 Å². The van der Waals surface area contributed by atoms with Crippen LogP contribution in [0.15, 0.2) is 0 Å². The van der Waals surface area contributed by atoms with Crippen LogP contribution in [0.3, 0.4) is 0 Å². The van der Waals surface area contributed by atoms with Gasteiger partial charge in [0, 0.05) is 32.1 Å². The van der Waals surface area contributed by atoms with E-state index in [0.717, 1.165) is 13.0 Å². The summed E-state index contributed by atoms with van der Waals surface area (Å²) in [6, 6.07) is 1.14. The number of likely N-dealkylation sites (tertiary alicyclic amines) is 1. The molecule has 0 aromatic rings. The van der Waals surface area contributed by atoms with E-state index in [9.17, 15) is 4.79 Å². The Hall–Kier alpha value is -0.570. The van der Waals surface area contributed by atoms with Crippen molar-refractivity contribution in [3.05, 3.63) is 0 Å². The molecule has 2 unspecified atom stereocenters. The summed E-state index contributed by atoms with van der Waals surface area (Å²) in [4.78, 5) is 13.2. The summed E-state index contributed by atoms with van der Waals surface area (Å²) >= 11 is 0. The summed E-state index contributed by atoms with van der Waals surface area (Å²) in [5.41, 5.74) is 0. The number of hydrogen-bond acceptors (Lipinski definition) is 2. The smallest absolute Gasteiger partial charge is 0.222 e. The number of piperidine rings is 1. The predicted molar refractivity (Wildman–Crippen MR) is 67.4 cm³/mol. The van der Waals surface area contributed by atoms with Gasteiger partial charge in [-0.2, -0.15) is 0 Å². The fourth-order valence-electron chi connectivity index (χ4n) is 2.34. The van der Waals surface area contributed by atoms with Crippen LogP contribution in [-0.4, -0.2) is 36.5 Å². The highest BCUT2D eigenvalue weighted by molar-refractivity contribution is 5.76. The molecule has 0 aromatic carbocycles. The summed E-state index contributed by atoms with van der Waals surface area (Å²) in [6.07, 6.45) is 6.73. The normalized spacial score (nSPS) is 23.6. The second-order valence-electron chi connectivity index (χ2n) is 4.92. The summed E-state index contributed by atoms with van der Waals surface area (Å²) in [7, 11) is 1.91. The molecule has 0 saturated carbocycles. The molecule has 0 radical (unpaired) electrons. The zero-order chi connectivity index (χ0) is 12.0. The molecule has 1 amide bonds. The van der Waals surface area contributed by atoms with Gasteiger partial charge in [-0.05, 0) is 19.3 Å². The van der Waals surface area contributed by atoms with Crippen molar-refractivity contribution < 1.29 is 4.79 Å². The Morgan fingerprint density at radius 2 is 2.25 bits per heavy atom. The number of hydrogen-bond donors (Lipinski definition) is 1. The maximum absolute atomic E-state index is 11.4. The van der Waals surface area contributed by atoms with Gasteiger partial charge in [0.15, 0.2) is 0 Å². The van der Waals surface area contributed by atoms with Crippen LogP contribution < -0.4 is 5.32 Å². The van der Waals surface area contributed by atoms with Crippen LogP contribution >= 0.6 is 0 Å². The minimum absolute atomic E-state index is 0.291. The molecule has 1 heterocycles. The van der Waals surface area contributed by atoms with Crippen LogP contribution in [0.1, 0.15) is 52.4 Å². The molecule has 0 spiro atoms. The summed E-state index contributed by atoms with van der Waals surface area (Å²) in [5.74, 6) is 0.291. The zero-order valence-corrected chi connectivity index (χ0v) is 11.0. The first-order chi connectivity index (χ1) is 7.67. The van der Waals surface area contributed by atoms with E-state index in [1.54, 1.807) is 0 Å². The number of carbonyl (C=O) groups is 1. The van der Waals surface area contributed by atoms with Gasteiger partial charge in [-0.25, -0.2) is 0 Å². The molecule has 0 aromatic heterocycles. The topological polar surface area (TPSA) is 32.3 Å². The monoisotopic (exact) mass is 226 g/mol. The van der Waals surface area contributed by atoms with E-state index in [2.05, 4.69) is 19.2 Å². The Morgan fingerprint density at radius 1 is 1.50 bits per heavy atom. The molecular weight excluding hydrogens is 200 g/mol. The number of carbonyl (C=O) groups excluding carboxylic acids is 1. The van der Waals surface area contributed by atoms with E-state index in [1.165, 1.54) is 25.7 Å². The van der Waals surface area contributed by atoms with E-state index in [4.69, 9.17) is 0 Å². The summed E-state index contributed by atoms with van der Waals surface area (Å²) in [5, 5.41) is 3.70. The average Bonchev–Trinajstić information content (AvgIpc) is 2.29. The molecule has 2 atom stereocenters. The number of amides is 1. The minimum atomic E-state index is 0.291. The number of rotatable bonds is 6. The van der Waals surface area contributed by atoms with Gasteiger partial charge in [0.2, 0.25) is 5.91 Å². The highest BCUT2D eigenvalue weighted by atomic mass is 16.2. The SMILES string of the molecule is CCCCC(CC)NC1CCC(=O)N(C)C1.